The van der Waals surface area contributed by atoms with Crippen LogP contribution in [-0.2, 0) is 16.0 Å². The fourth-order valence-corrected chi connectivity index (χ4v) is 2.85. The third kappa shape index (κ3) is 2.81. The van der Waals surface area contributed by atoms with E-state index in [4.69, 9.17) is 10.00 Å². The van der Waals surface area contributed by atoms with Crippen LogP contribution in [0.4, 0.5) is 0 Å². The van der Waals surface area contributed by atoms with Crippen LogP contribution in [0.3, 0.4) is 0 Å². The van der Waals surface area contributed by atoms with Crippen LogP contribution in [0.25, 0.3) is 16.6 Å². The summed E-state index contributed by atoms with van der Waals surface area (Å²) in [5.74, 6) is -0.381. The number of carbonyl (C=O) groups excluding carboxylic acids is 1. The molecule has 0 N–H and O–H groups in total. The number of nitrogens with zero attached hydrogens (tertiary/aromatic N) is 4. The Morgan fingerprint density at radius 3 is 2.88 bits per heavy atom. The average Bonchev–Trinajstić information content (AvgIpc) is 2.93. The number of fused-ring (bicyclic) bond motifs is 3. The Balaban J connectivity index is 1.93. The lowest BCUT2D eigenvalue weighted by molar-refractivity contribution is -0.145. The van der Waals surface area contributed by atoms with E-state index in [-0.39, 0.29) is 12.4 Å². The summed E-state index contributed by atoms with van der Waals surface area (Å²) >= 11 is 0. The van der Waals surface area contributed by atoms with E-state index in [1.807, 2.05) is 48.7 Å². The van der Waals surface area contributed by atoms with E-state index in [2.05, 4.69) is 10.1 Å². The Bertz CT molecular complexity index is 968. The monoisotopic (exact) mass is 322 g/mol. The number of aromatic nitrogens is 3. The van der Waals surface area contributed by atoms with Crippen LogP contribution < -0.4 is 0 Å². The molecule has 0 amide bonds. The van der Waals surface area contributed by atoms with Crippen LogP contribution in [-0.4, -0.2) is 26.7 Å². The topological polar surface area (TPSA) is 80.3 Å². The van der Waals surface area contributed by atoms with Gasteiger partial charge in [-0.05, 0) is 44.9 Å². The van der Waals surface area contributed by atoms with Gasteiger partial charge in [0, 0.05) is 23.2 Å². The molecular weight excluding hydrogens is 304 g/mol. The van der Waals surface area contributed by atoms with Gasteiger partial charge in [-0.3, -0.25) is 4.79 Å². The van der Waals surface area contributed by atoms with Gasteiger partial charge in [-0.15, -0.1) is 0 Å². The highest BCUT2D eigenvalue weighted by atomic mass is 16.5. The third-order valence-corrected chi connectivity index (χ3v) is 4.09. The Kier molecular flexibility index (Phi) is 4.17. The van der Waals surface area contributed by atoms with Gasteiger partial charge in [0.25, 0.3) is 0 Å². The largest absolute Gasteiger partial charge is 0.447 e. The highest BCUT2D eigenvalue weighted by Crippen LogP contribution is 2.23. The summed E-state index contributed by atoms with van der Waals surface area (Å²) in [6.45, 7) is 5.47. The Morgan fingerprint density at radius 1 is 1.38 bits per heavy atom. The second-order valence-corrected chi connectivity index (χ2v) is 5.77. The molecule has 1 aromatic carbocycles. The number of nitriles is 1. The van der Waals surface area contributed by atoms with Crippen LogP contribution in [0.5, 0.6) is 0 Å². The minimum atomic E-state index is -0.725. The highest BCUT2D eigenvalue weighted by molar-refractivity contribution is 5.92. The van der Waals surface area contributed by atoms with E-state index in [0.29, 0.717) is 6.42 Å². The number of ether oxygens (including phenoxy) is 1. The van der Waals surface area contributed by atoms with Crippen LogP contribution in [0.1, 0.15) is 30.3 Å². The van der Waals surface area contributed by atoms with Crippen LogP contribution in [0, 0.1) is 25.2 Å². The second-order valence-electron chi connectivity index (χ2n) is 5.77. The summed E-state index contributed by atoms with van der Waals surface area (Å²) in [7, 11) is 0. The summed E-state index contributed by atoms with van der Waals surface area (Å²) in [4.78, 5) is 16.5. The number of hydrogen-bond donors (Lipinski definition) is 0. The van der Waals surface area contributed by atoms with Gasteiger partial charge in [-0.2, -0.15) is 10.4 Å². The van der Waals surface area contributed by atoms with Gasteiger partial charge < -0.3 is 4.74 Å². The molecule has 3 rings (SSSR count). The van der Waals surface area contributed by atoms with E-state index in [1.54, 1.807) is 6.92 Å². The molecule has 0 spiro atoms. The zero-order valence-electron chi connectivity index (χ0n) is 13.9. The van der Waals surface area contributed by atoms with Crippen molar-refractivity contribution in [3.8, 4) is 6.07 Å². The van der Waals surface area contributed by atoms with Crippen molar-refractivity contribution in [2.45, 2.75) is 39.7 Å². The molecule has 0 fully saturated rings. The summed E-state index contributed by atoms with van der Waals surface area (Å²) in [6, 6.07) is 9.77. The van der Waals surface area contributed by atoms with Crippen molar-refractivity contribution in [3.63, 3.8) is 0 Å². The average molecular weight is 322 g/mol. The van der Waals surface area contributed by atoms with Crippen molar-refractivity contribution in [2.75, 3.05) is 0 Å². The molecule has 0 aliphatic rings. The zero-order valence-corrected chi connectivity index (χ0v) is 13.9. The lowest BCUT2D eigenvalue weighted by Gasteiger charge is -2.11. The summed E-state index contributed by atoms with van der Waals surface area (Å²) in [5, 5.41) is 14.3. The predicted octanol–water partition coefficient (Wildman–Crippen LogP) is 2.89. The first-order valence-corrected chi connectivity index (χ1v) is 7.84. The quantitative estimate of drug-likeness (QED) is 0.690. The Labute approximate surface area is 139 Å². The predicted molar refractivity (Wildman–Crippen MR) is 89.5 cm³/mol. The molecular formula is C18H18N4O2. The fourth-order valence-electron chi connectivity index (χ4n) is 2.85. The molecule has 6 nitrogen and oxygen atoms in total. The Hall–Kier alpha value is -2.94. The molecule has 0 unspecified atom stereocenters. The van der Waals surface area contributed by atoms with Crippen LogP contribution in [0.2, 0.25) is 0 Å². The number of esters is 1. The van der Waals surface area contributed by atoms with Crippen molar-refractivity contribution >= 4 is 22.5 Å². The van der Waals surface area contributed by atoms with E-state index < -0.39 is 6.10 Å². The van der Waals surface area contributed by atoms with Crippen molar-refractivity contribution in [1.29, 1.82) is 5.26 Å². The molecule has 24 heavy (non-hydrogen) atoms. The standard InChI is InChI=1S/C18H18N4O2/c1-11(10-19)24-17(23)9-8-14-12(2)20-18-15-6-4-5-7-16(15)21-22(18)13(14)3/h4-7,11H,8-9H2,1-3H3/t11-/m0/s1. The molecule has 6 heteroatoms. The van der Waals surface area contributed by atoms with Gasteiger partial charge in [-0.1, -0.05) is 12.1 Å². The lowest BCUT2D eigenvalue weighted by Crippen LogP contribution is -2.14. The first kappa shape index (κ1) is 15.9. The van der Waals surface area contributed by atoms with Gasteiger partial charge in [0.2, 0.25) is 0 Å². The van der Waals surface area contributed by atoms with Gasteiger partial charge in [0.1, 0.15) is 6.07 Å². The number of carbonyl (C=O) groups is 1. The maximum absolute atomic E-state index is 11.8. The molecule has 0 radical (unpaired) electrons. The molecule has 2 aromatic heterocycles. The molecule has 0 saturated heterocycles. The normalized spacial score (nSPS) is 12.2. The first-order chi connectivity index (χ1) is 11.5. The van der Waals surface area contributed by atoms with Crippen LogP contribution in [0.15, 0.2) is 24.3 Å². The van der Waals surface area contributed by atoms with Crippen molar-refractivity contribution in [3.05, 3.63) is 41.2 Å². The minimum absolute atomic E-state index is 0.210. The number of benzene rings is 1. The maximum Gasteiger partial charge on any atom is 0.307 e. The van der Waals surface area contributed by atoms with E-state index >= 15 is 0 Å². The van der Waals surface area contributed by atoms with Crippen molar-refractivity contribution in [2.24, 2.45) is 0 Å². The summed E-state index contributed by atoms with van der Waals surface area (Å²) in [6.07, 6.45) is -0.00754. The number of aryl methyl sites for hydroxylation is 2. The SMILES string of the molecule is Cc1nc2c3ccccc3nn2c(C)c1CCC(=O)O[C@@H](C)C#N. The molecule has 1 atom stereocenters. The summed E-state index contributed by atoms with van der Waals surface area (Å²) in [5.41, 5.74) is 4.55. The van der Waals surface area contributed by atoms with E-state index in [9.17, 15) is 4.79 Å². The summed E-state index contributed by atoms with van der Waals surface area (Å²) < 4.78 is 6.82. The number of hydrogen-bond acceptors (Lipinski definition) is 5. The first-order valence-electron chi connectivity index (χ1n) is 7.84. The van der Waals surface area contributed by atoms with Gasteiger partial charge in [-0.25, -0.2) is 9.50 Å². The van der Waals surface area contributed by atoms with Crippen molar-refractivity contribution < 1.29 is 9.53 Å². The minimum Gasteiger partial charge on any atom is -0.447 e. The van der Waals surface area contributed by atoms with Crippen LogP contribution >= 0.6 is 0 Å². The molecule has 0 bridgehead atoms. The maximum atomic E-state index is 11.8. The lowest BCUT2D eigenvalue weighted by atomic mass is 10.1. The van der Waals surface area contributed by atoms with Gasteiger partial charge >= 0.3 is 5.97 Å². The van der Waals surface area contributed by atoms with Gasteiger partial charge in [0.15, 0.2) is 11.8 Å². The molecule has 0 aliphatic heterocycles. The molecule has 2 heterocycles. The fraction of sp³-hybridized carbons (Fsp3) is 0.333. The smallest absolute Gasteiger partial charge is 0.307 e. The zero-order chi connectivity index (χ0) is 17.3. The molecule has 3 aromatic rings. The van der Waals surface area contributed by atoms with E-state index in [1.165, 1.54) is 0 Å². The molecule has 0 saturated carbocycles. The second kappa shape index (κ2) is 6.28. The van der Waals surface area contributed by atoms with E-state index in [0.717, 1.165) is 33.5 Å². The molecule has 122 valence electrons. The third-order valence-electron chi connectivity index (χ3n) is 4.09. The Morgan fingerprint density at radius 2 is 2.12 bits per heavy atom. The number of rotatable bonds is 4. The van der Waals surface area contributed by atoms with Gasteiger partial charge in [0.05, 0.1) is 5.52 Å². The highest BCUT2D eigenvalue weighted by Gasteiger charge is 2.16. The van der Waals surface area contributed by atoms with Crippen molar-refractivity contribution in [1.82, 2.24) is 14.6 Å². The molecule has 0 aliphatic carbocycles.